The van der Waals surface area contributed by atoms with Crippen LogP contribution in [-0.4, -0.2) is 65.8 Å². The monoisotopic (exact) mass is 394 g/mol. The molecule has 2 rings (SSSR count). The van der Waals surface area contributed by atoms with Crippen molar-refractivity contribution in [3.63, 3.8) is 0 Å². The largest absolute Gasteiger partial charge is 0.370 e. The second-order valence-corrected chi connectivity index (χ2v) is 8.94. The minimum Gasteiger partial charge on any atom is -0.370 e. The van der Waals surface area contributed by atoms with E-state index in [2.05, 4.69) is 33.0 Å². The van der Waals surface area contributed by atoms with Crippen LogP contribution in [0.15, 0.2) is 0 Å². The lowest BCUT2D eigenvalue weighted by molar-refractivity contribution is -0.152. The van der Waals surface area contributed by atoms with E-state index < -0.39 is 6.04 Å². The molecule has 7 heteroatoms. The molecule has 28 heavy (non-hydrogen) atoms. The molecule has 2 heterocycles. The lowest BCUT2D eigenvalue weighted by atomic mass is 9.90. The van der Waals surface area contributed by atoms with Crippen molar-refractivity contribution in [3.8, 4) is 0 Å². The zero-order valence-electron chi connectivity index (χ0n) is 17.9. The van der Waals surface area contributed by atoms with Crippen molar-refractivity contribution in [1.82, 2.24) is 15.1 Å². The van der Waals surface area contributed by atoms with Crippen LogP contribution < -0.4 is 11.1 Å². The van der Waals surface area contributed by atoms with E-state index in [-0.39, 0.29) is 35.6 Å². The summed E-state index contributed by atoms with van der Waals surface area (Å²) in [7, 11) is 0. The number of likely N-dealkylation sites (tertiary alicyclic amines) is 1. The molecule has 2 saturated heterocycles. The van der Waals surface area contributed by atoms with Crippen LogP contribution in [0, 0.1) is 17.8 Å². The van der Waals surface area contributed by atoms with E-state index in [0.29, 0.717) is 32.0 Å². The summed E-state index contributed by atoms with van der Waals surface area (Å²) in [6.07, 6.45) is 3.63. The fraction of sp³-hybridized carbons (Fsp3) is 0.857. The molecule has 0 spiro atoms. The average Bonchev–Trinajstić information content (AvgIpc) is 2.64. The number of primary amides is 1. The maximum absolute atomic E-state index is 13.4. The van der Waals surface area contributed by atoms with E-state index in [1.807, 2.05) is 9.80 Å². The second kappa shape index (κ2) is 10.2. The first-order valence-corrected chi connectivity index (χ1v) is 10.9. The first-order chi connectivity index (χ1) is 13.2. The van der Waals surface area contributed by atoms with Gasteiger partial charge in [-0.05, 0) is 37.0 Å². The lowest BCUT2D eigenvalue weighted by Gasteiger charge is -2.43. The van der Waals surface area contributed by atoms with E-state index in [0.717, 1.165) is 32.2 Å². The van der Waals surface area contributed by atoms with Crippen molar-refractivity contribution in [1.29, 1.82) is 0 Å². The molecule has 7 nitrogen and oxygen atoms in total. The molecule has 0 saturated carbocycles. The van der Waals surface area contributed by atoms with Crippen LogP contribution in [0.4, 0.5) is 0 Å². The Bertz CT molecular complexity index is 558. The van der Waals surface area contributed by atoms with Gasteiger partial charge in [0.2, 0.25) is 17.7 Å². The molecule has 0 aromatic rings. The normalized spacial score (nSPS) is 23.8. The molecule has 0 aliphatic carbocycles. The van der Waals surface area contributed by atoms with Crippen molar-refractivity contribution >= 4 is 17.7 Å². The molecule has 3 amide bonds. The quantitative estimate of drug-likeness (QED) is 0.650. The Morgan fingerprint density at radius 1 is 1.18 bits per heavy atom. The highest BCUT2D eigenvalue weighted by atomic mass is 16.2. The van der Waals surface area contributed by atoms with Crippen LogP contribution in [0.25, 0.3) is 0 Å². The molecular formula is C21H38N4O3. The maximum atomic E-state index is 13.4. The minimum atomic E-state index is -0.401. The highest BCUT2D eigenvalue weighted by Gasteiger charge is 2.41. The van der Waals surface area contributed by atoms with Crippen LogP contribution in [0.1, 0.15) is 59.8 Å². The van der Waals surface area contributed by atoms with Gasteiger partial charge in [0.25, 0.3) is 0 Å². The van der Waals surface area contributed by atoms with Crippen LogP contribution in [0.3, 0.4) is 0 Å². The molecule has 0 bridgehead atoms. The van der Waals surface area contributed by atoms with Crippen LogP contribution in [0.2, 0.25) is 0 Å². The van der Waals surface area contributed by atoms with Gasteiger partial charge in [-0.1, -0.05) is 34.1 Å². The van der Waals surface area contributed by atoms with E-state index in [1.54, 1.807) is 0 Å². The Morgan fingerprint density at radius 3 is 2.36 bits per heavy atom. The van der Waals surface area contributed by atoms with Crippen LogP contribution in [0.5, 0.6) is 0 Å². The Hall–Kier alpha value is -1.63. The van der Waals surface area contributed by atoms with E-state index in [4.69, 9.17) is 5.73 Å². The van der Waals surface area contributed by atoms with Gasteiger partial charge in [-0.25, -0.2) is 0 Å². The molecule has 2 aliphatic rings. The predicted molar refractivity (Wildman–Crippen MR) is 109 cm³/mol. The highest BCUT2D eigenvalue weighted by molar-refractivity contribution is 5.90. The summed E-state index contributed by atoms with van der Waals surface area (Å²) >= 11 is 0. The van der Waals surface area contributed by atoms with Crippen LogP contribution in [-0.2, 0) is 14.4 Å². The molecule has 1 unspecified atom stereocenters. The number of hydrogen-bond acceptors (Lipinski definition) is 4. The smallest absolute Gasteiger partial charge is 0.245 e. The number of amides is 3. The summed E-state index contributed by atoms with van der Waals surface area (Å²) in [5, 5.41) is 3.32. The molecule has 3 N–H and O–H groups in total. The molecule has 0 radical (unpaired) electrons. The fourth-order valence-corrected chi connectivity index (χ4v) is 4.42. The van der Waals surface area contributed by atoms with E-state index >= 15 is 0 Å². The Morgan fingerprint density at radius 2 is 1.82 bits per heavy atom. The number of carbonyl (C=O) groups is 3. The Balaban J connectivity index is 2.09. The topological polar surface area (TPSA) is 95.7 Å². The Labute approximate surface area is 169 Å². The number of piperazine rings is 1. The summed E-state index contributed by atoms with van der Waals surface area (Å²) in [6.45, 7) is 10.9. The summed E-state index contributed by atoms with van der Waals surface area (Å²) in [5.41, 5.74) is 5.31. The summed E-state index contributed by atoms with van der Waals surface area (Å²) in [5.74, 6) is 0.637. The maximum Gasteiger partial charge on any atom is 0.245 e. The van der Waals surface area contributed by atoms with E-state index in [9.17, 15) is 14.4 Å². The van der Waals surface area contributed by atoms with Gasteiger partial charge < -0.3 is 20.9 Å². The SMILES string of the molecule is CC[C@H](C)[C@@H](C(=O)N1CCC(CC(N)=O)CC1)N1CCNC(CC(C)C)C1=O. The zero-order chi connectivity index (χ0) is 20.8. The number of carbonyl (C=O) groups excluding carboxylic acids is 3. The van der Waals surface area contributed by atoms with Gasteiger partial charge in [0.05, 0.1) is 6.04 Å². The first kappa shape index (κ1) is 22.7. The third-order valence-corrected chi connectivity index (χ3v) is 6.22. The van der Waals surface area contributed by atoms with E-state index in [1.165, 1.54) is 0 Å². The summed E-state index contributed by atoms with van der Waals surface area (Å²) in [4.78, 5) is 41.4. The predicted octanol–water partition coefficient (Wildman–Crippen LogP) is 1.36. The molecule has 2 aliphatic heterocycles. The van der Waals surface area contributed by atoms with Gasteiger partial charge >= 0.3 is 0 Å². The van der Waals surface area contributed by atoms with Gasteiger partial charge in [-0.15, -0.1) is 0 Å². The van der Waals surface area contributed by atoms with Gasteiger partial charge in [0.15, 0.2) is 0 Å². The van der Waals surface area contributed by atoms with Gasteiger partial charge in [0, 0.05) is 32.6 Å². The van der Waals surface area contributed by atoms with Crippen molar-refractivity contribution in [2.75, 3.05) is 26.2 Å². The summed E-state index contributed by atoms with van der Waals surface area (Å²) in [6, 6.07) is -0.601. The standard InChI is InChI=1S/C21H38N4O3/c1-5-15(4)19(25-11-8-23-17(20(25)27)12-14(2)3)21(28)24-9-6-16(7-10-24)13-18(22)26/h14-17,19,23H,5-13H2,1-4H3,(H2,22,26)/t15-,17?,19-/m0/s1. The van der Waals surface area contributed by atoms with Crippen molar-refractivity contribution in [2.24, 2.45) is 23.5 Å². The number of nitrogens with two attached hydrogens (primary N) is 1. The lowest BCUT2D eigenvalue weighted by Crippen LogP contribution is -2.63. The molecule has 0 aromatic heterocycles. The zero-order valence-corrected chi connectivity index (χ0v) is 17.9. The highest BCUT2D eigenvalue weighted by Crippen LogP contribution is 2.25. The summed E-state index contributed by atoms with van der Waals surface area (Å²) < 4.78 is 0. The Kier molecular flexibility index (Phi) is 8.28. The van der Waals surface area contributed by atoms with Crippen molar-refractivity contribution < 1.29 is 14.4 Å². The van der Waals surface area contributed by atoms with Crippen molar-refractivity contribution in [3.05, 3.63) is 0 Å². The molecule has 3 atom stereocenters. The molecule has 0 aromatic carbocycles. The minimum absolute atomic E-state index is 0.0576. The fourth-order valence-electron chi connectivity index (χ4n) is 4.42. The van der Waals surface area contributed by atoms with Gasteiger partial charge in [0.1, 0.15) is 6.04 Å². The van der Waals surface area contributed by atoms with Crippen molar-refractivity contribution in [2.45, 2.75) is 71.9 Å². The third kappa shape index (κ3) is 5.69. The first-order valence-electron chi connectivity index (χ1n) is 10.9. The molecular weight excluding hydrogens is 356 g/mol. The number of nitrogens with one attached hydrogen (secondary N) is 1. The van der Waals surface area contributed by atoms with Gasteiger partial charge in [-0.2, -0.15) is 0 Å². The molecule has 2 fully saturated rings. The van der Waals surface area contributed by atoms with Gasteiger partial charge in [-0.3, -0.25) is 14.4 Å². The average molecular weight is 395 g/mol. The number of rotatable bonds is 8. The molecule has 160 valence electrons. The van der Waals surface area contributed by atoms with Crippen LogP contribution >= 0.6 is 0 Å². The second-order valence-electron chi connectivity index (χ2n) is 8.94. The number of piperidine rings is 1. The third-order valence-electron chi connectivity index (χ3n) is 6.22. The number of nitrogens with zero attached hydrogens (tertiary/aromatic N) is 2. The number of hydrogen-bond donors (Lipinski definition) is 2.